The van der Waals surface area contributed by atoms with Gasteiger partial charge in [0.05, 0.1) is 23.7 Å². The lowest BCUT2D eigenvalue weighted by Crippen LogP contribution is -2.28. The highest BCUT2D eigenvalue weighted by Gasteiger charge is 2.29. The largest absolute Gasteiger partial charge is 0.378 e. The van der Waals surface area contributed by atoms with E-state index in [1.54, 1.807) is 7.11 Å². The summed E-state index contributed by atoms with van der Waals surface area (Å²) in [6, 6.07) is 2.06. The van der Waals surface area contributed by atoms with Crippen molar-refractivity contribution in [1.29, 1.82) is 0 Å². The highest BCUT2D eigenvalue weighted by molar-refractivity contribution is 9.10. The Balaban J connectivity index is 1.65. The Hall–Kier alpha value is -1.25. The molecule has 8 heteroatoms. The van der Waals surface area contributed by atoms with Crippen LogP contribution in [0.2, 0.25) is 0 Å². The van der Waals surface area contributed by atoms with E-state index in [0.29, 0.717) is 13.2 Å². The molecule has 1 atom stereocenters. The molecule has 2 aromatic heterocycles. The van der Waals surface area contributed by atoms with E-state index >= 15 is 0 Å². The number of carbonyl (C=O) groups excluding carboxylic acids is 1. The standard InChI is InChI=1S/C13H15BrN4O2S/c1-20-7-10-5-18(16-15-10)11-2-3-17(6-11)13(19)12-4-9(14)8-21-12/h4-5,8,11H,2-3,6-7H2,1H3/t11-/m1/s1. The van der Waals surface area contributed by atoms with Gasteiger partial charge >= 0.3 is 0 Å². The lowest BCUT2D eigenvalue weighted by atomic mass is 10.3. The predicted molar refractivity (Wildman–Crippen MR) is 82.3 cm³/mol. The highest BCUT2D eigenvalue weighted by Crippen LogP contribution is 2.26. The van der Waals surface area contributed by atoms with Crippen molar-refractivity contribution < 1.29 is 9.53 Å². The van der Waals surface area contributed by atoms with Crippen molar-refractivity contribution in [3.05, 3.63) is 32.7 Å². The number of amides is 1. The van der Waals surface area contributed by atoms with Crippen LogP contribution in [0.1, 0.15) is 27.8 Å². The van der Waals surface area contributed by atoms with Gasteiger partial charge in [0.15, 0.2) is 0 Å². The van der Waals surface area contributed by atoms with E-state index in [2.05, 4.69) is 26.2 Å². The molecule has 2 aromatic rings. The van der Waals surface area contributed by atoms with Gasteiger partial charge in [-0.05, 0) is 28.4 Å². The van der Waals surface area contributed by atoms with Crippen LogP contribution in [0.5, 0.6) is 0 Å². The lowest BCUT2D eigenvalue weighted by Gasteiger charge is -2.15. The molecule has 0 aliphatic carbocycles. The molecule has 0 unspecified atom stereocenters. The Kier molecular flexibility index (Phi) is 4.37. The van der Waals surface area contributed by atoms with E-state index in [0.717, 1.165) is 28.0 Å². The van der Waals surface area contributed by atoms with Crippen LogP contribution < -0.4 is 0 Å². The Morgan fingerprint density at radius 1 is 1.62 bits per heavy atom. The van der Waals surface area contributed by atoms with E-state index in [4.69, 9.17) is 4.74 Å². The maximum absolute atomic E-state index is 12.4. The fourth-order valence-electron chi connectivity index (χ4n) is 2.43. The second kappa shape index (κ2) is 6.25. The first-order valence-corrected chi connectivity index (χ1v) is 8.27. The van der Waals surface area contributed by atoms with Crippen molar-refractivity contribution in [3.8, 4) is 0 Å². The first kappa shape index (κ1) is 14.7. The number of rotatable bonds is 4. The molecule has 0 N–H and O–H groups in total. The third-order valence-electron chi connectivity index (χ3n) is 3.45. The van der Waals surface area contributed by atoms with Crippen molar-refractivity contribution in [2.45, 2.75) is 19.1 Å². The highest BCUT2D eigenvalue weighted by atomic mass is 79.9. The zero-order chi connectivity index (χ0) is 14.8. The van der Waals surface area contributed by atoms with Crippen LogP contribution in [0.15, 0.2) is 22.1 Å². The maximum Gasteiger partial charge on any atom is 0.264 e. The topological polar surface area (TPSA) is 60.2 Å². The minimum atomic E-state index is 0.0884. The van der Waals surface area contributed by atoms with Crippen LogP contribution in [-0.2, 0) is 11.3 Å². The molecule has 1 saturated heterocycles. The van der Waals surface area contributed by atoms with Crippen LogP contribution in [0.3, 0.4) is 0 Å². The number of hydrogen-bond acceptors (Lipinski definition) is 5. The number of thiophene rings is 1. The van der Waals surface area contributed by atoms with Gasteiger partial charge < -0.3 is 9.64 Å². The van der Waals surface area contributed by atoms with Gasteiger partial charge in [0.25, 0.3) is 5.91 Å². The lowest BCUT2D eigenvalue weighted by molar-refractivity contribution is 0.0791. The fourth-order valence-corrected chi connectivity index (χ4v) is 3.82. The van der Waals surface area contributed by atoms with Crippen LogP contribution >= 0.6 is 27.3 Å². The Labute approximate surface area is 134 Å². The molecule has 0 aromatic carbocycles. The van der Waals surface area contributed by atoms with Crippen molar-refractivity contribution in [2.75, 3.05) is 20.2 Å². The third kappa shape index (κ3) is 3.17. The van der Waals surface area contributed by atoms with E-state index in [1.165, 1.54) is 11.3 Å². The smallest absolute Gasteiger partial charge is 0.264 e. The Morgan fingerprint density at radius 2 is 2.48 bits per heavy atom. The summed E-state index contributed by atoms with van der Waals surface area (Å²) in [5.74, 6) is 0.0884. The summed E-state index contributed by atoms with van der Waals surface area (Å²) in [6.45, 7) is 1.88. The summed E-state index contributed by atoms with van der Waals surface area (Å²) < 4.78 is 7.83. The van der Waals surface area contributed by atoms with E-state index in [-0.39, 0.29) is 11.9 Å². The quantitative estimate of drug-likeness (QED) is 0.828. The molecule has 1 amide bonds. The van der Waals surface area contributed by atoms with Gasteiger partial charge in [-0.15, -0.1) is 16.4 Å². The second-order valence-electron chi connectivity index (χ2n) is 4.95. The van der Waals surface area contributed by atoms with Gasteiger partial charge in [-0.1, -0.05) is 5.21 Å². The average Bonchev–Trinajstić information content (AvgIpc) is 3.17. The van der Waals surface area contributed by atoms with Gasteiger partial charge in [0, 0.05) is 30.1 Å². The molecule has 3 heterocycles. The molecule has 1 aliphatic heterocycles. The molecule has 0 saturated carbocycles. The summed E-state index contributed by atoms with van der Waals surface area (Å²) in [6.07, 6.45) is 2.79. The summed E-state index contributed by atoms with van der Waals surface area (Å²) in [7, 11) is 1.63. The first-order chi connectivity index (χ1) is 10.2. The minimum absolute atomic E-state index is 0.0884. The number of halogens is 1. The molecule has 0 bridgehead atoms. The zero-order valence-electron chi connectivity index (χ0n) is 11.5. The molecule has 0 spiro atoms. The average molecular weight is 371 g/mol. The number of methoxy groups -OCH3 is 1. The first-order valence-electron chi connectivity index (χ1n) is 6.60. The Morgan fingerprint density at radius 3 is 3.19 bits per heavy atom. The monoisotopic (exact) mass is 370 g/mol. The van der Waals surface area contributed by atoms with Gasteiger partial charge in [-0.25, -0.2) is 4.68 Å². The zero-order valence-corrected chi connectivity index (χ0v) is 13.9. The summed E-state index contributed by atoms with van der Waals surface area (Å²) in [5, 5.41) is 10.1. The minimum Gasteiger partial charge on any atom is -0.378 e. The molecule has 3 rings (SSSR count). The summed E-state index contributed by atoms with van der Waals surface area (Å²) in [4.78, 5) is 15.0. The number of nitrogens with zero attached hydrogens (tertiary/aromatic N) is 4. The number of carbonyl (C=O) groups is 1. The van der Waals surface area contributed by atoms with Crippen molar-refractivity contribution in [1.82, 2.24) is 19.9 Å². The Bertz CT molecular complexity index is 642. The molecular formula is C13H15BrN4O2S. The summed E-state index contributed by atoms with van der Waals surface area (Å²) >= 11 is 4.84. The van der Waals surface area contributed by atoms with Gasteiger partial charge in [0.2, 0.25) is 0 Å². The molecular weight excluding hydrogens is 356 g/mol. The second-order valence-corrected chi connectivity index (χ2v) is 6.77. The van der Waals surface area contributed by atoms with Crippen LogP contribution in [0.25, 0.3) is 0 Å². The van der Waals surface area contributed by atoms with Gasteiger partial charge in [-0.3, -0.25) is 4.79 Å². The maximum atomic E-state index is 12.4. The molecule has 21 heavy (non-hydrogen) atoms. The molecule has 1 fully saturated rings. The van der Waals surface area contributed by atoms with Crippen molar-refractivity contribution in [2.24, 2.45) is 0 Å². The molecule has 6 nitrogen and oxygen atoms in total. The predicted octanol–water partition coefficient (Wildman–Crippen LogP) is 2.34. The summed E-state index contributed by atoms with van der Waals surface area (Å²) in [5.41, 5.74) is 0.810. The van der Waals surface area contributed by atoms with Gasteiger partial charge in [0.1, 0.15) is 5.69 Å². The van der Waals surface area contributed by atoms with Crippen LogP contribution in [0.4, 0.5) is 0 Å². The van der Waals surface area contributed by atoms with Crippen LogP contribution in [0, 0.1) is 0 Å². The SMILES string of the molecule is COCc1cn([C@@H]2CCN(C(=O)c3cc(Br)cs3)C2)nn1. The number of aromatic nitrogens is 3. The number of ether oxygens (including phenoxy) is 1. The van der Waals surface area contributed by atoms with Crippen LogP contribution in [-0.4, -0.2) is 46.0 Å². The number of hydrogen-bond donors (Lipinski definition) is 0. The van der Waals surface area contributed by atoms with Gasteiger partial charge in [-0.2, -0.15) is 0 Å². The van der Waals surface area contributed by atoms with E-state index < -0.39 is 0 Å². The number of likely N-dealkylation sites (tertiary alicyclic amines) is 1. The fraction of sp³-hybridized carbons (Fsp3) is 0.462. The normalized spacial score (nSPS) is 18.4. The van der Waals surface area contributed by atoms with E-state index in [9.17, 15) is 4.79 Å². The van der Waals surface area contributed by atoms with Crippen molar-refractivity contribution >= 4 is 33.2 Å². The molecule has 1 aliphatic rings. The van der Waals surface area contributed by atoms with E-state index in [1.807, 2.05) is 27.2 Å². The third-order valence-corrected chi connectivity index (χ3v) is 5.13. The molecule has 112 valence electrons. The molecule has 0 radical (unpaired) electrons. The van der Waals surface area contributed by atoms with Crippen molar-refractivity contribution in [3.63, 3.8) is 0 Å².